The minimum atomic E-state index is -3.61. The molecule has 0 amide bonds. The van der Waals surface area contributed by atoms with Gasteiger partial charge in [-0.1, -0.05) is 0 Å². The van der Waals surface area contributed by atoms with E-state index in [0.717, 1.165) is 0 Å². The Morgan fingerprint density at radius 1 is 1.50 bits per heavy atom. The zero-order valence-corrected chi connectivity index (χ0v) is 7.34. The topological polar surface area (TPSA) is 90.7 Å². The predicted octanol–water partition coefficient (Wildman–Crippen LogP) is -1.81. The summed E-state index contributed by atoms with van der Waals surface area (Å²) in [6.45, 7) is 1.63. The van der Waals surface area contributed by atoms with Crippen molar-refractivity contribution in [3.05, 3.63) is 0 Å². The second kappa shape index (κ2) is 4.15. The zero-order chi connectivity index (χ0) is 9.03. The van der Waals surface area contributed by atoms with E-state index in [1.807, 2.05) is 0 Å². The van der Waals surface area contributed by atoms with Crippen molar-refractivity contribution in [3.63, 3.8) is 0 Å². The molecule has 12 heavy (non-hydrogen) atoms. The second-order valence-electron chi connectivity index (χ2n) is 2.46. The van der Waals surface area contributed by atoms with E-state index >= 15 is 0 Å². The van der Waals surface area contributed by atoms with Crippen molar-refractivity contribution in [2.45, 2.75) is 6.10 Å². The molecule has 72 valence electrons. The van der Waals surface area contributed by atoms with Crippen LogP contribution in [0.3, 0.4) is 0 Å². The third-order valence-corrected chi connectivity index (χ3v) is 1.97. The molecule has 0 aromatic carbocycles. The van der Waals surface area contributed by atoms with Gasteiger partial charge >= 0.3 is 0 Å². The molecule has 0 bridgehead atoms. The van der Waals surface area contributed by atoms with Crippen molar-refractivity contribution in [1.29, 1.82) is 0 Å². The van der Waals surface area contributed by atoms with Crippen molar-refractivity contribution < 1.29 is 17.9 Å². The average Bonchev–Trinajstić information content (AvgIpc) is 2.02. The first-order chi connectivity index (χ1) is 5.58. The molecule has 0 saturated carbocycles. The summed E-state index contributed by atoms with van der Waals surface area (Å²) in [6.07, 6.45) is -0.225. The van der Waals surface area contributed by atoms with E-state index in [2.05, 4.69) is 4.72 Å². The van der Waals surface area contributed by atoms with Gasteiger partial charge in [-0.05, 0) is 0 Å². The largest absolute Gasteiger partial charge is 0.376 e. The molecule has 1 atom stereocenters. The third-order valence-electron chi connectivity index (χ3n) is 1.40. The van der Waals surface area contributed by atoms with Gasteiger partial charge in [0.2, 0.25) is 0 Å². The summed E-state index contributed by atoms with van der Waals surface area (Å²) >= 11 is 0. The van der Waals surface area contributed by atoms with Crippen molar-refractivity contribution >= 4 is 10.2 Å². The molecule has 1 saturated heterocycles. The highest BCUT2D eigenvalue weighted by molar-refractivity contribution is 7.87. The van der Waals surface area contributed by atoms with Gasteiger partial charge in [0.15, 0.2) is 0 Å². The van der Waals surface area contributed by atoms with Gasteiger partial charge in [0.1, 0.15) is 0 Å². The van der Waals surface area contributed by atoms with Crippen LogP contribution in [-0.4, -0.2) is 40.9 Å². The Hall–Kier alpha value is -0.210. The molecule has 0 radical (unpaired) electrons. The summed E-state index contributed by atoms with van der Waals surface area (Å²) in [4.78, 5) is 0. The zero-order valence-electron chi connectivity index (χ0n) is 6.52. The summed E-state index contributed by atoms with van der Waals surface area (Å²) in [6, 6.07) is 0. The van der Waals surface area contributed by atoms with Crippen LogP contribution < -0.4 is 9.86 Å². The van der Waals surface area contributed by atoms with Crippen molar-refractivity contribution in [1.82, 2.24) is 4.72 Å². The first-order valence-corrected chi connectivity index (χ1v) is 5.09. The minimum Gasteiger partial charge on any atom is -0.376 e. The summed E-state index contributed by atoms with van der Waals surface area (Å²) in [5.41, 5.74) is 0. The smallest absolute Gasteiger partial charge is 0.274 e. The summed E-state index contributed by atoms with van der Waals surface area (Å²) in [7, 11) is -3.61. The maximum Gasteiger partial charge on any atom is 0.274 e. The molecule has 1 rings (SSSR count). The van der Waals surface area contributed by atoms with E-state index in [0.29, 0.717) is 19.8 Å². The Labute approximate surface area is 71.2 Å². The fourth-order valence-electron chi connectivity index (χ4n) is 0.864. The summed E-state index contributed by atoms with van der Waals surface area (Å²) in [5.74, 6) is 0. The predicted molar refractivity (Wildman–Crippen MR) is 41.7 cm³/mol. The lowest BCUT2D eigenvalue weighted by Crippen LogP contribution is -2.42. The lowest BCUT2D eigenvalue weighted by atomic mass is 10.3. The average molecular weight is 196 g/mol. The van der Waals surface area contributed by atoms with Crippen LogP contribution in [0.5, 0.6) is 0 Å². The van der Waals surface area contributed by atoms with E-state index in [-0.39, 0.29) is 12.6 Å². The molecule has 1 heterocycles. The molecule has 0 aliphatic carbocycles. The quantitative estimate of drug-likeness (QED) is 0.557. The van der Waals surface area contributed by atoms with Crippen LogP contribution in [0.1, 0.15) is 0 Å². The van der Waals surface area contributed by atoms with Gasteiger partial charge in [-0.25, -0.2) is 5.14 Å². The number of hydrogen-bond acceptors (Lipinski definition) is 4. The highest BCUT2D eigenvalue weighted by Crippen LogP contribution is 1.98. The monoisotopic (exact) mass is 196 g/mol. The lowest BCUT2D eigenvalue weighted by Gasteiger charge is -2.22. The van der Waals surface area contributed by atoms with Gasteiger partial charge in [-0.3, -0.25) is 0 Å². The molecule has 0 aromatic heterocycles. The number of ether oxygens (including phenoxy) is 2. The maximum atomic E-state index is 10.4. The normalized spacial score (nSPS) is 25.6. The highest BCUT2D eigenvalue weighted by atomic mass is 32.2. The fraction of sp³-hybridized carbons (Fsp3) is 1.00. The number of nitrogens with one attached hydrogen (secondary N) is 1. The first-order valence-electron chi connectivity index (χ1n) is 3.54. The molecule has 1 unspecified atom stereocenters. The molecular formula is C5H12N2O4S. The van der Waals surface area contributed by atoms with Crippen LogP contribution in [0.15, 0.2) is 0 Å². The van der Waals surface area contributed by atoms with E-state index in [1.54, 1.807) is 0 Å². The summed E-state index contributed by atoms with van der Waals surface area (Å²) in [5, 5.41) is 4.72. The maximum absolute atomic E-state index is 10.4. The van der Waals surface area contributed by atoms with E-state index in [9.17, 15) is 8.42 Å². The molecule has 3 N–H and O–H groups in total. The Balaban J connectivity index is 2.22. The SMILES string of the molecule is NS(=O)(=O)NCC1COCCO1. The van der Waals surface area contributed by atoms with E-state index < -0.39 is 10.2 Å². The molecule has 0 aromatic rings. The second-order valence-corrected chi connectivity index (χ2v) is 3.84. The van der Waals surface area contributed by atoms with Crippen LogP contribution >= 0.6 is 0 Å². The number of rotatable bonds is 3. The lowest BCUT2D eigenvalue weighted by molar-refractivity contribution is -0.0846. The molecule has 6 nitrogen and oxygen atoms in total. The Bertz CT molecular complexity index is 222. The van der Waals surface area contributed by atoms with Gasteiger partial charge in [0.05, 0.1) is 25.9 Å². The van der Waals surface area contributed by atoms with Gasteiger partial charge in [-0.2, -0.15) is 13.1 Å². The Morgan fingerprint density at radius 3 is 2.75 bits per heavy atom. The van der Waals surface area contributed by atoms with Gasteiger partial charge in [-0.15, -0.1) is 0 Å². The number of nitrogens with two attached hydrogens (primary N) is 1. The van der Waals surface area contributed by atoms with Crippen molar-refractivity contribution in [2.75, 3.05) is 26.4 Å². The van der Waals surface area contributed by atoms with Crippen LogP contribution in [-0.2, 0) is 19.7 Å². The minimum absolute atomic E-state index is 0.166. The standard InChI is InChI=1S/C5H12N2O4S/c6-12(8,9)7-3-5-4-10-1-2-11-5/h5,7H,1-4H2,(H2,6,8,9). The fourth-order valence-corrected chi connectivity index (χ4v) is 1.28. The van der Waals surface area contributed by atoms with Gasteiger partial charge in [0, 0.05) is 6.54 Å². The van der Waals surface area contributed by atoms with E-state index in [1.165, 1.54) is 0 Å². The van der Waals surface area contributed by atoms with Gasteiger partial charge < -0.3 is 9.47 Å². The van der Waals surface area contributed by atoms with E-state index in [4.69, 9.17) is 14.6 Å². The first kappa shape index (κ1) is 9.87. The van der Waals surface area contributed by atoms with Crippen LogP contribution in [0.2, 0.25) is 0 Å². The van der Waals surface area contributed by atoms with Crippen LogP contribution in [0.25, 0.3) is 0 Å². The molecule has 1 aliphatic heterocycles. The van der Waals surface area contributed by atoms with Crippen LogP contribution in [0.4, 0.5) is 0 Å². The molecule has 1 fully saturated rings. The van der Waals surface area contributed by atoms with Crippen molar-refractivity contribution in [3.8, 4) is 0 Å². The van der Waals surface area contributed by atoms with Crippen molar-refractivity contribution in [2.24, 2.45) is 5.14 Å². The molecule has 1 aliphatic rings. The third kappa shape index (κ3) is 3.98. The summed E-state index contributed by atoms with van der Waals surface area (Å²) < 4.78 is 33.2. The molecule has 7 heteroatoms. The van der Waals surface area contributed by atoms with Gasteiger partial charge in [0.25, 0.3) is 10.2 Å². The number of hydrogen-bond donors (Lipinski definition) is 2. The Kier molecular flexibility index (Phi) is 3.41. The highest BCUT2D eigenvalue weighted by Gasteiger charge is 2.15. The van der Waals surface area contributed by atoms with Crippen LogP contribution in [0, 0.1) is 0 Å². The molecular weight excluding hydrogens is 184 g/mol. The Morgan fingerprint density at radius 2 is 2.25 bits per heavy atom. The molecule has 0 spiro atoms.